The van der Waals surface area contributed by atoms with Crippen LogP contribution in [0.15, 0.2) is 24.3 Å². The molecule has 1 aromatic rings. The first kappa shape index (κ1) is 11.1. The molecule has 0 amide bonds. The van der Waals surface area contributed by atoms with Gasteiger partial charge in [0.15, 0.2) is 0 Å². The summed E-state index contributed by atoms with van der Waals surface area (Å²) in [6.07, 6.45) is 6.85. The van der Waals surface area contributed by atoms with E-state index in [0.29, 0.717) is 12.0 Å². The van der Waals surface area contributed by atoms with Gasteiger partial charge in [-0.3, -0.25) is 0 Å². The van der Waals surface area contributed by atoms with Crippen LogP contribution >= 0.6 is 0 Å². The third-order valence-corrected chi connectivity index (χ3v) is 4.02. The van der Waals surface area contributed by atoms with Gasteiger partial charge in [-0.15, -0.1) is 0 Å². The lowest BCUT2D eigenvalue weighted by Gasteiger charge is -2.14. The number of hydrogen-bond donors (Lipinski definition) is 1. The summed E-state index contributed by atoms with van der Waals surface area (Å²) in [6, 6.07) is 8.77. The summed E-state index contributed by atoms with van der Waals surface area (Å²) < 4.78 is 5.98. The topological polar surface area (TPSA) is 21.3 Å². The molecule has 17 heavy (non-hydrogen) atoms. The van der Waals surface area contributed by atoms with Gasteiger partial charge in [0.2, 0.25) is 0 Å². The van der Waals surface area contributed by atoms with Crippen LogP contribution in [0.3, 0.4) is 0 Å². The van der Waals surface area contributed by atoms with Crippen LogP contribution in [0.1, 0.15) is 43.6 Å². The maximum Gasteiger partial charge on any atom is 0.119 e. The molecule has 1 N–H and O–H groups in total. The average Bonchev–Trinajstić information content (AvgIpc) is 3.01. The highest BCUT2D eigenvalue weighted by Crippen LogP contribution is 2.27. The molecule has 0 radical (unpaired) electrons. The van der Waals surface area contributed by atoms with E-state index in [1.165, 1.54) is 37.7 Å². The Kier molecular flexibility index (Phi) is 3.32. The van der Waals surface area contributed by atoms with Crippen molar-refractivity contribution in [2.24, 2.45) is 0 Å². The lowest BCUT2D eigenvalue weighted by Crippen LogP contribution is -2.11. The van der Waals surface area contributed by atoms with Crippen molar-refractivity contribution >= 4 is 0 Å². The summed E-state index contributed by atoms with van der Waals surface area (Å²) in [5.74, 6) is 1.75. The van der Waals surface area contributed by atoms with Gasteiger partial charge in [-0.2, -0.15) is 0 Å². The highest BCUT2D eigenvalue weighted by atomic mass is 16.5. The third kappa shape index (κ3) is 2.63. The Morgan fingerprint density at radius 1 is 1.00 bits per heavy atom. The average molecular weight is 231 g/mol. The molecule has 1 aliphatic carbocycles. The van der Waals surface area contributed by atoms with Crippen molar-refractivity contribution in [1.82, 2.24) is 5.32 Å². The largest absolute Gasteiger partial charge is 0.490 e. The van der Waals surface area contributed by atoms with Crippen molar-refractivity contribution in [3.05, 3.63) is 29.8 Å². The van der Waals surface area contributed by atoms with Gasteiger partial charge in [0.1, 0.15) is 5.75 Å². The van der Waals surface area contributed by atoms with Crippen molar-refractivity contribution in [3.8, 4) is 5.75 Å². The number of nitrogens with one attached hydrogen (secondary N) is 1. The molecular weight excluding hydrogens is 210 g/mol. The van der Waals surface area contributed by atoms with Crippen molar-refractivity contribution < 1.29 is 4.74 Å². The molecular formula is C15H21NO. The minimum Gasteiger partial charge on any atom is -0.490 e. The minimum absolute atomic E-state index is 0.467. The van der Waals surface area contributed by atoms with Crippen LogP contribution in [0.5, 0.6) is 5.75 Å². The number of hydrogen-bond acceptors (Lipinski definition) is 2. The molecule has 1 unspecified atom stereocenters. The van der Waals surface area contributed by atoms with Gasteiger partial charge in [0.05, 0.1) is 6.10 Å². The van der Waals surface area contributed by atoms with E-state index in [1.54, 1.807) is 0 Å². The zero-order valence-electron chi connectivity index (χ0n) is 10.3. The molecule has 2 aliphatic rings. The Hall–Kier alpha value is -1.02. The van der Waals surface area contributed by atoms with Gasteiger partial charge in [0.25, 0.3) is 0 Å². The highest BCUT2D eigenvalue weighted by Gasteiger charge is 2.18. The van der Waals surface area contributed by atoms with Crippen molar-refractivity contribution in [3.63, 3.8) is 0 Å². The first-order valence-corrected chi connectivity index (χ1v) is 6.89. The maximum atomic E-state index is 5.98. The molecule has 1 atom stereocenters. The molecule has 0 bridgehead atoms. The maximum absolute atomic E-state index is 5.98. The summed E-state index contributed by atoms with van der Waals surface area (Å²) in [4.78, 5) is 0. The SMILES string of the molecule is c1cc(C2CCNC2)ccc1OC1CCCC1. The first-order valence-electron chi connectivity index (χ1n) is 6.89. The molecule has 1 saturated carbocycles. The molecule has 2 nitrogen and oxygen atoms in total. The van der Waals surface area contributed by atoms with Crippen molar-refractivity contribution in [2.45, 2.75) is 44.1 Å². The fourth-order valence-corrected chi connectivity index (χ4v) is 2.96. The highest BCUT2D eigenvalue weighted by molar-refractivity contribution is 5.30. The Bertz CT molecular complexity index is 348. The fourth-order valence-electron chi connectivity index (χ4n) is 2.96. The molecule has 3 rings (SSSR count). The van der Waals surface area contributed by atoms with Gasteiger partial charge < -0.3 is 10.1 Å². The first-order chi connectivity index (χ1) is 8.42. The Balaban J connectivity index is 1.62. The van der Waals surface area contributed by atoms with E-state index in [-0.39, 0.29) is 0 Å². The van der Waals surface area contributed by atoms with Gasteiger partial charge in [0, 0.05) is 6.54 Å². The van der Waals surface area contributed by atoms with E-state index >= 15 is 0 Å². The van der Waals surface area contributed by atoms with Crippen LogP contribution in [0.4, 0.5) is 0 Å². The lowest BCUT2D eigenvalue weighted by molar-refractivity contribution is 0.210. The lowest BCUT2D eigenvalue weighted by atomic mass is 9.98. The van der Waals surface area contributed by atoms with Crippen LogP contribution in [0.2, 0.25) is 0 Å². The quantitative estimate of drug-likeness (QED) is 0.863. The number of ether oxygens (including phenoxy) is 1. The standard InChI is InChI=1S/C15H21NO/c1-2-4-14(3-1)17-15-7-5-12(6-8-15)13-9-10-16-11-13/h5-8,13-14,16H,1-4,9-11H2. The van der Waals surface area contributed by atoms with E-state index in [4.69, 9.17) is 4.74 Å². The zero-order chi connectivity index (χ0) is 11.5. The number of benzene rings is 1. The van der Waals surface area contributed by atoms with Crippen molar-refractivity contribution in [2.75, 3.05) is 13.1 Å². The predicted octanol–water partition coefficient (Wildman–Crippen LogP) is 3.08. The van der Waals surface area contributed by atoms with Gasteiger partial charge in [-0.1, -0.05) is 12.1 Å². The van der Waals surface area contributed by atoms with Crippen LogP contribution in [0.25, 0.3) is 0 Å². The van der Waals surface area contributed by atoms with E-state index in [0.717, 1.165) is 18.8 Å². The van der Waals surface area contributed by atoms with Crippen LogP contribution in [-0.2, 0) is 0 Å². The summed E-state index contributed by atoms with van der Waals surface area (Å²) in [5, 5.41) is 3.41. The van der Waals surface area contributed by atoms with Crippen LogP contribution < -0.4 is 10.1 Å². The molecule has 1 heterocycles. The van der Waals surface area contributed by atoms with Crippen molar-refractivity contribution in [1.29, 1.82) is 0 Å². The van der Waals surface area contributed by atoms with Crippen LogP contribution in [0, 0.1) is 0 Å². The second-order valence-electron chi connectivity index (χ2n) is 5.28. The number of rotatable bonds is 3. The minimum atomic E-state index is 0.467. The monoisotopic (exact) mass is 231 g/mol. The predicted molar refractivity (Wildman–Crippen MR) is 69.6 cm³/mol. The third-order valence-electron chi connectivity index (χ3n) is 4.02. The summed E-state index contributed by atoms with van der Waals surface area (Å²) in [7, 11) is 0. The van der Waals surface area contributed by atoms with Gasteiger partial charge in [-0.25, -0.2) is 0 Å². The molecule has 0 aromatic heterocycles. The molecule has 1 aromatic carbocycles. The van der Waals surface area contributed by atoms with E-state index < -0.39 is 0 Å². The Morgan fingerprint density at radius 3 is 2.41 bits per heavy atom. The Morgan fingerprint density at radius 2 is 1.76 bits per heavy atom. The second kappa shape index (κ2) is 5.09. The van der Waals surface area contributed by atoms with E-state index in [1.807, 2.05) is 0 Å². The van der Waals surface area contributed by atoms with Gasteiger partial charge in [-0.05, 0) is 62.3 Å². The normalized spacial score (nSPS) is 25.3. The fraction of sp³-hybridized carbons (Fsp3) is 0.600. The Labute approximate surface area is 103 Å². The summed E-state index contributed by atoms with van der Waals surface area (Å²) in [6.45, 7) is 2.29. The summed E-state index contributed by atoms with van der Waals surface area (Å²) in [5.41, 5.74) is 1.45. The molecule has 0 spiro atoms. The molecule has 1 saturated heterocycles. The summed E-state index contributed by atoms with van der Waals surface area (Å²) >= 11 is 0. The van der Waals surface area contributed by atoms with E-state index in [9.17, 15) is 0 Å². The van der Waals surface area contributed by atoms with Crippen LogP contribution in [-0.4, -0.2) is 19.2 Å². The second-order valence-corrected chi connectivity index (χ2v) is 5.28. The van der Waals surface area contributed by atoms with Gasteiger partial charge >= 0.3 is 0 Å². The molecule has 92 valence electrons. The van der Waals surface area contributed by atoms with E-state index in [2.05, 4.69) is 29.6 Å². The molecule has 2 fully saturated rings. The zero-order valence-corrected chi connectivity index (χ0v) is 10.3. The molecule has 2 heteroatoms. The molecule has 1 aliphatic heterocycles. The smallest absolute Gasteiger partial charge is 0.119 e.